The number of likely N-dealkylation sites (tertiary alicyclic amines) is 1. The molecule has 1 amide bonds. The molecule has 1 spiro atoms. The number of fused-ring (bicyclic) bond motifs is 2. The molecule has 7 rings (SSSR count). The van der Waals surface area contributed by atoms with Crippen LogP contribution in [0.5, 0.6) is 11.5 Å². The summed E-state index contributed by atoms with van der Waals surface area (Å²) in [6.45, 7) is 0.949. The van der Waals surface area contributed by atoms with Gasteiger partial charge in [-0.2, -0.15) is 0 Å². The van der Waals surface area contributed by atoms with Gasteiger partial charge in [0, 0.05) is 61.5 Å². The number of hydrogen-bond acceptors (Lipinski definition) is 6. The van der Waals surface area contributed by atoms with E-state index in [1.165, 1.54) is 12.4 Å². The number of aromatic carboxylic acids is 1. The number of carbonyl (C=O) groups is 3. The van der Waals surface area contributed by atoms with Gasteiger partial charge in [0.1, 0.15) is 17.1 Å². The SMILES string of the molecule is COc1cc(C(=O)N2CCC3(CC2)CC(=O)c2cc(-c4ccncc4C(=O)O)ccc2O3)cc2c1ccn2C1CC1. The second kappa shape index (κ2) is 9.47. The highest BCUT2D eigenvalue weighted by Crippen LogP contribution is 2.42. The molecule has 9 heteroatoms. The van der Waals surface area contributed by atoms with Gasteiger partial charge in [-0.15, -0.1) is 0 Å². The number of Topliss-reactive ketones (excluding diaryl/α,β-unsaturated/α-hetero) is 1. The maximum Gasteiger partial charge on any atom is 0.337 e. The monoisotopic (exact) mass is 551 g/mol. The van der Waals surface area contributed by atoms with Crippen molar-refractivity contribution in [2.24, 2.45) is 0 Å². The Bertz CT molecular complexity index is 1730. The third-order valence-corrected chi connectivity index (χ3v) is 8.62. The van der Waals surface area contributed by atoms with Crippen molar-refractivity contribution in [1.82, 2.24) is 14.5 Å². The highest BCUT2D eigenvalue weighted by Gasteiger charge is 2.44. The van der Waals surface area contributed by atoms with Crippen LogP contribution >= 0.6 is 0 Å². The van der Waals surface area contributed by atoms with Gasteiger partial charge in [0.05, 0.1) is 30.2 Å². The normalized spacial score (nSPS) is 17.8. The standard InChI is InChI=1S/C32H29N3O6/c1-40-29-16-20(15-26-23(29)7-11-35(26)21-3-4-21)30(37)34-12-8-32(9-13-34)17-27(36)24-14-19(2-5-28(24)41-32)22-6-10-33-18-25(22)31(38)39/h2,5-7,10-11,14-16,18,21H,3-4,8-9,12-13,17H2,1H3,(H,38,39). The Kier molecular flexibility index (Phi) is 5.85. The van der Waals surface area contributed by atoms with Gasteiger partial charge in [0.2, 0.25) is 0 Å². The van der Waals surface area contributed by atoms with E-state index in [0.717, 1.165) is 23.7 Å². The van der Waals surface area contributed by atoms with Gasteiger partial charge in [-0.05, 0) is 60.4 Å². The molecule has 0 unspecified atom stereocenters. The van der Waals surface area contributed by atoms with E-state index >= 15 is 0 Å². The minimum atomic E-state index is -1.08. The minimum absolute atomic E-state index is 0.0465. The molecule has 208 valence electrons. The van der Waals surface area contributed by atoms with Crippen molar-refractivity contribution < 1.29 is 29.0 Å². The molecule has 1 saturated carbocycles. The quantitative estimate of drug-likeness (QED) is 0.354. The van der Waals surface area contributed by atoms with Crippen LogP contribution < -0.4 is 9.47 Å². The first kappa shape index (κ1) is 25.3. The molecule has 1 N–H and O–H groups in total. The zero-order chi connectivity index (χ0) is 28.3. The number of carboxylic acid groups (broad SMARTS) is 1. The average molecular weight is 552 g/mol. The first-order valence-corrected chi connectivity index (χ1v) is 13.9. The van der Waals surface area contributed by atoms with E-state index in [0.29, 0.717) is 65.7 Å². The number of hydrogen-bond donors (Lipinski definition) is 1. The number of ketones is 1. The molecule has 0 radical (unpaired) electrons. The van der Waals surface area contributed by atoms with E-state index in [-0.39, 0.29) is 23.7 Å². The molecule has 4 aromatic rings. The molecule has 41 heavy (non-hydrogen) atoms. The van der Waals surface area contributed by atoms with Crippen molar-refractivity contribution in [1.29, 1.82) is 0 Å². The Morgan fingerprint density at radius 3 is 2.61 bits per heavy atom. The van der Waals surface area contributed by atoms with Crippen molar-refractivity contribution in [3.05, 3.63) is 77.7 Å². The van der Waals surface area contributed by atoms with Crippen molar-refractivity contribution >= 4 is 28.6 Å². The van der Waals surface area contributed by atoms with E-state index in [1.807, 2.05) is 23.1 Å². The van der Waals surface area contributed by atoms with Crippen LogP contribution in [-0.2, 0) is 0 Å². The first-order chi connectivity index (χ1) is 19.9. The van der Waals surface area contributed by atoms with Crippen molar-refractivity contribution in [3.8, 4) is 22.6 Å². The van der Waals surface area contributed by atoms with E-state index in [1.54, 1.807) is 31.4 Å². The van der Waals surface area contributed by atoms with Crippen LogP contribution in [0.3, 0.4) is 0 Å². The lowest BCUT2D eigenvalue weighted by atomic mass is 9.81. The fraction of sp³-hybridized carbons (Fsp3) is 0.312. The van der Waals surface area contributed by atoms with Crippen molar-refractivity contribution in [3.63, 3.8) is 0 Å². The summed E-state index contributed by atoms with van der Waals surface area (Å²) in [6.07, 6.45) is 8.49. The summed E-state index contributed by atoms with van der Waals surface area (Å²) < 4.78 is 14.3. The van der Waals surface area contributed by atoms with Crippen LogP contribution in [0, 0.1) is 0 Å². The van der Waals surface area contributed by atoms with E-state index < -0.39 is 11.6 Å². The zero-order valence-electron chi connectivity index (χ0n) is 22.6. The molecule has 1 saturated heterocycles. The summed E-state index contributed by atoms with van der Waals surface area (Å²) in [5.41, 5.74) is 2.57. The number of nitrogens with zero attached hydrogens (tertiary/aromatic N) is 3. The van der Waals surface area contributed by atoms with E-state index in [4.69, 9.17) is 9.47 Å². The fourth-order valence-corrected chi connectivity index (χ4v) is 6.25. The van der Waals surface area contributed by atoms with Crippen LogP contribution in [0.4, 0.5) is 0 Å². The number of methoxy groups -OCH3 is 1. The van der Waals surface area contributed by atoms with Crippen LogP contribution in [0.2, 0.25) is 0 Å². The Hall–Kier alpha value is -4.66. The molecule has 3 aliphatic rings. The van der Waals surface area contributed by atoms with E-state index in [9.17, 15) is 19.5 Å². The largest absolute Gasteiger partial charge is 0.496 e. The number of carboxylic acids is 1. The summed E-state index contributed by atoms with van der Waals surface area (Å²) in [6, 6.07) is 13.2. The second-order valence-corrected chi connectivity index (χ2v) is 11.2. The number of rotatable bonds is 5. The summed E-state index contributed by atoms with van der Waals surface area (Å²) in [5, 5.41) is 10.6. The molecule has 4 heterocycles. The lowest BCUT2D eigenvalue weighted by Crippen LogP contribution is -2.52. The summed E-state index contributed by atoms with van der Waals surface area (Å²) in [4.78, 5) is 44.4. The number of benzene rings is 2. The Morgan fingerprint density at radius 2 is 1.88 bits per heavy atom. The molecule has 2 aromatic carbocycles. The molecule has 0 atom stereocenters. The summed E-state index contributed by atoms with van der Waals surface area (Å²) >= 11 is 0. The van der Waals surface area contributed by atoms with E-state index in [2.05, 4.69) is 15.7 Å². The lowest BCUT2D eigenvalue weighted by molar-refractivity contribution is -0.00571. The molecule has 2 aliphatic heterocycles. The van der Waals surface area contributed by atoms with Crippen molar-refractivity contribution in [2.45, 2.75) is 43.7 Å². The third kappa shape index (κ3) is 4.32. The van der Waals surface area contributed by atoms with Gasteiger partial charge >= 0.3 is 5.97 Å². The highest BCUT2D eigenvalue weighted by molar-refractivity contribution is 6.03. The second-order valence-electron chi connectivity index (χ2n) is 11.2. The van der Waals surface area contributed by atoms with Gasteiger partial charge in [-0.3, -0.25) is 14.6 Å². The van der Waals surface area contributed by atoms with Crippen LogP contribution in [0.1, 0.15) is 69.2 Å². The number of aromatic nitrogens is 2. The number of ether oxygens (including phenoxy) is 2. The molecule has 0 bridgehead atoms. The summed E-state index contributed by atoms with van der Waals surface area (Å²) in [5.74, 6) is 0.00554. The fourth-order valence-electron chi connectivity index (χ4n) is 6.25. The zero-order valence-corrected chi connectivity index (χ0v) is 22.6. The molecule has 9 nitrogen and oxygen atoms in total. The topological polar surface area (TPSA) is 111 Å². The van der Waals surface area contributed by atoms with Crippen LogP contribution in [0.15, 0.2) is 61.1 Å². The molecular weight excluding hydrogens is 522 g/mol. The maximum absolute atomic E-state index is 13.6. The number of piperidine rings is 1. The first-order valence-electron chi connectivity index (χ1n) is 13.9. The third-order valence-electron chi connectivity index (χ3n) is 8.62. The molecule has 2 fully saturated rings. The smallest absolute Gasteiger partial charge is 0.337 e. The van der Waals surface area contributed by atoms with Gasteiger partial charge in [-0.1, -0.05) is 6.07 Å². The Labute approximate surface area is 236 Å². The number of carbonyl (C=O) groups excluding carboxylic acids is 2. The minimum Gasteiger partial charge on any atom is -0.496 e. The summed E-state index contributed by atoms with van der Waals surface area (Å²) in [7, 11) is 1.63. The number of amides is 1. The molecule has 2 aromatic heterocycles. The predicted molar refractivity (Wildman–Crippen MR) is 151 cm³/mol. The van der Waals surface area contributed by atoms with Gasteiger partial charge < -0.3 is 24.0 Å². The van der Waals surface area contributed by atoms with Gasteiger partial charge in [0.15, 0.2) is 5.78 Å². The van der Waals surface area contributed by atoms with Crippen molar-refractivity contribution in [2.75, 3.05) is 20.2 Å². The maximum atomic E-state index is 13.6. The number of pyridine rings is 1. The Morgan fingerprint density at radius 1 is 1.07 bits per heavy atom. The average Bonchev–Trinajstić information content (AvgIpc) is 3.74. The van der Waals surface area contributed by atoms with Gasteiger partial charge in [-0.25, -0.2) is 4.79 Å². The molecule has 1 aliphatic carbocycles. The van der Waals surface area contributed by atoms with Gasteiger partial charge in [0.25, 0.3) is 5.91 Å². The predicted octanol–water partition coefficient (Wildman–Crippen LogP) is 5.39. The van der Waals surface area contributed by atoms with Crippen LogP contribution in [-0.4, -0.2) is 63.0 Å². The highest BCUT2D eigenvalue weighted by atomic mass is 16.5. The lowest BCUT2D eigenvalue weighted by Gasteiger charge is -2.44. The molecular formula is C32H29N3O6. The van der Waals surface area contributed by atoms with Crippen LogP contribution in [0.25, 0.3) is 22.0 Å². The Balaban J connectivity index is 1.10.